The van der Waals surface area contributed by atoms with Crippen molar-refractivity contribution in [2.45, 2.75) is 44.6 Å². The average Bonchev–Trinajstić information content (AvgIpc) is 3.17. The maximum atomic E-state index is 11.7. The summed E-state index contributed by atoms with van der Waals surface area (Å²) in [6, 6.07) is 0. The topological polar surface area (TPSA) is 96.7 Å². The van der Waals surface area contributed by atoms with Gasteiger partial charge in [0, 0.05) is 5.92 Å². The highest BCUT2D eigenvalue weighted by Gasteiger charge is 2.21. The molecule has 1 aliphatic rings. The molecule has 0 spiro atoms. The molecule has 7 heteroatoms. The van der Waals surface area contributed by atoms with Crippen LogP contribution in [-0.2, 0) is 6.54 Å². The number of aromatic amines is 1. The number of carbonyl (C=O) groups excluding carboxylic acids is 1. The molecule has 106 valence electrons. The van der Waals surface area contributed by atoms with Crippen LogP contribution in [0.2, 0.25) is 0 Å². The van der Waals surface area contributed by atoms with E-state index in [1.807, 2.05) is 0 Å². The molecule has 0 unspecified atom stereocenters. The van der Waals surface area contributed by atoms with Crippen molar-refractivity contribution in [1.82, 2.24) is 25.4 Å². The summed E-state index contributed by atoms with van der Waals surface area (Å²) in [5.74, 6) is 1.39. The molecule has 0 aromatic carbocycles. The standard InChI is InChI=1S/C13H17N5O2/c19-13(10-6-14-8-16-10)15-7-11-17-12(18-20-11)9-4-2-1-3-5-9/h6,8-9H,1-5,7H2,(H,14,16)(H,15,19). The first-order valence-corrected chi connectivity index (χ1v) is 6.92. The van der Waals surface area contributed by atoms with Gasteiger partial charge >= 0.3 is 0 Å². The van der Waals surface area contributed by atoms with Crippen molar-refractivity contribution in [2.75, 3.05) is 0 Å². The Labute approximate surface area is 116 Å². The molecule has 2 aromatic rings. The summed E-state index contributed by atoms with van der Waals surface area (Å²) in [7, 11) is 0. The fourth-order valence-corrected chi connectivity index (χ4v) is 2.50. The van der Waals surface area contributed by atoms with Gasteiger partial charge < -0.3 is 14.8 Å². The van der Waals surface area contributed by atoms with Crippen LogP contribution in [0.25, 0.3) is 0 Å². The van der Waals surface area contributed by atoms with E-state index in [0.29, 0.717) is 17.5 Å². The van der Waals surface area contributed by atoms with Gasteiger partial charge in [0.05, 0.1) is 19.1 Å². The number of rotatable bonds is 4. The van der Waals surface area contributed by atoms with E-state index >= 15 is 0 Å². The number of amides is 1. The van der Waals surface area contributed by atoms with Crippen LogP contribution < -0.4 is 5.32 Å². The van der Waals surface area contributed by atoms with Crippen molar-refractivity contribution in [2.24, 2.45) is 0 Å². The van der Waals surface area contributed by atoms with Gasteiger partial charge in [-0.15, -0.1) is 0 Å². The maximum absolute atomic E-state index is 11.7. The highest BCUT2D eigenvalue weighted by Crippen LogP contribution is 2.30. The fraction of sp³-hybridized carbons (Fsp3) is 0.538. The number of hydrogen-bond donors (Lipinski definition) is 2. The number of carbonyl (C=O) groups is 1. The first-order valence-electron chi connectivity index (χ1n) is 6.92. The molecule has 20 heavy (non-hydrogen) atoms. The maximum Gasteiger partial charge on any atom is 0.269 e. The third-order valence-electron chi connectivity index (χ3n) is 3.60. The van der Waals surface area contributed by atoms with Crippen molar-refractivity contribution in [3.63, 3.8) is 0 Å². The first-order chi connectivity index (χ1) is 9.83. The Bertz CT molecular complexity index is 557. The molecule has 1 saturated carbocycles. The van der Waals surface area contributed by atoms with Crippen molar-refractivity contribution in [3.8, 4) is 0 Å². The summed E-state index contributed by atoms with van der Waals surface area (Å²) in [4.78, 5) is 22.6. The van der Waals surface area contributed by atoms with Gasteiger partial charge in [-0.25, -0.2) is 4.98 Å². The molecule has 0 saturated heterocycles. The number of nitrogens with zero attached hydrogens (tertiary/aromatic N) is 3. The van der Waals surface area contributed by atoms with Crippen LogP contribution in [0.4, 0.5) is 0 Å². The zero-order valence-corrected chi connectivity index (χ0v) is 11.1. The molecule has 3 rings (SSSR count). The lowest BCUT2D eigenvalue weighted by Crippen LogP contribution is -2.23. The molecule has 0 radical (unpaired) electrons. The lowest BCUT2D eigenvalue weighted by Gasteiger charge is -2.17. The van der Waals surface area contributed by atoms with Crippen LogP contribution in [-0.4, -0.2) is 26.0 Å². The third-order valence-corrected chi connectivity index (χ3v) is 3.60. The number of aromatic nitrogens is 4. The second kappa shape index (κ2) is 5.85. The molecule has 2 aromatic heterocycles. The monoisotopic (exact) mass is 275 g/mol. The van der Waals surface area contributed by atoms with Gasteiger partial charge in [0.2, 0.25) is 5.89 Å². The third kappa shape index (κ3) is 2.87. The largest absolute Gasteiger partial charge is 0.342 e. The van der Waals surface area contributed by atoms with Gasteiger partial charge in [0.1, 0.15) is 5.69 Å². The summed E-state index contributed by atoms with van der Waals surface area (Å²) < 4.78 is 5.18. The summed E-state index contributed by atoms with van der Waals surface area (Å²) in [6.07, 6.45) is 8.93. The van der Waals surface area contributed by atoms with E-state index in [0.717, 1.165) is 18.7 Å². The van der Waals surface area contributed by atoms with Gasteiger partial charge in [-0.05, 0) is 12.8 Å². The van der Waals surface area contributed by atoms with E-state index in [9.17, 15) is 4.79 Å². The Hall–Kier alpha value is -2.18. The molecule has 0 bridgehead atoms. The molecule has 2 heterocycles. The van der Waals surface area contributed by atoms with Crippen molar-refractivity contribution < 1.29 is 9.32 Å². The zero-order chi connectivity index (χ0) is 13.8. The SMILES string of the molecule is O=C(NCc1nc(C2CCCCC2)no1)c1cnc[nH]1. The van der Waals surface area contributed by atoms with Gasteiger partial charge in [-0.3, -0.25) is 4.79 Å². The number of imidazole rings is 1. The van der Waals surface area contributed by atoms with Crippen LogP contribution >= 0.6 is 0 Å². The number of hydrogen-bond acceptors (Lipinski definition) is 5. The molecule has 1 amide bonds. The number of nitrogens with one attached hydrogen (secondary N) is 2. The van der Waals surface area contributed by atoms with Crippen molar-refractivity contribution >= 4 is 5.91 Å². The van der Waals surface area contributed by atoms with Gasteiger partial charge in [-0.2, -0.15) is 4.98 Å². The second-order valence-electron chi connectivity index (χ2n) is 5.03. The molecular formula is C13H17N5O2. The van der Waals surface area contributed by atoms with E-state index < -0.39 is 0 Å². The smallest absolute Gasteiger partial charge is 0.269 e. The van der Waals surface area contributed by atoms with Crippen LogP contribution in [0.3, 0.4) is 0 Å². The lowest BCUT2D eigenvalue weighted by molar-refractivity contribution is 0.0942. The van der Waals surface area contributed by atoms with Gasteiger partial charge in [-0.1, -0.05) is 24.4 Å². The highest BCUT2D eigenvalue weighted by molar-refractivity contribution is 5.91. The van der Waals surface area contributed by atoms with E-state index in [1.54, 1.807) is 0 Å². The normalized spacial score (nSPS) is 16.2. The molecule has 7 nitrogen and oxygen atoms in total. The molecule has 0 aliphatic heterocycles. The lowest BCUT2D eigenvalue weighted by atomic mass is 9.89. The molecule has 1 aliphatic carbocycles. The van der Waals surface area contributed by atoms with E-state index in [2.05, 4.69) is 25.4 Å². The minimum Gasteiger partial charge on any atom is -0.342 e. The minimum atomic E-state index is -0.236. The summed E-state index contributed by atoms with van der Waals surface area (Å²) >= 11 is 0. The zero-order valence-electron chi connectivity index (χ0n) is 11.1. The Balaban J connectivity index is 1.56. The quantitative estimate of drug-likeness (QED) is 0.886. The summed E-state index contributed by atoms with van der Waals surface area (Å²) in [6.45, 7) is 0.234. The molecule has 0 atom stereocenters. The van der Waals surface area contributed by atoms with Gasteiger partial charge in [0.15, 0.2) is 5.82 Å². The van der Waals surface area contributed by atoms with E-state index in [-0.39, 0.29) is 12.5 Å². The van der Waals surface area contributed by atoms with Crippen LogP contribution in [0.15, 0.2) is 17.0 Å². The van der Waals surface area contributed by atoms with Crippen molar-refractivity contribution in [3.05, 3.63) is 29.9 Å². The van der Waals surface area contributed by atoms with Crippen LogP contribution in [0.1, 0.15) is 60.2 Å². The Kier molecular flexibility index (Phi) is 3.76. The Morgan fingerprint density at radius 1 is 1.40 bits per heavy atom. The average molecular weight is 275 g/mol. The minimum absolute atomic E-state index is 0.234. The Morgan fingerprint density at radius 2 is 2.25 bits per heavy atom. The summed E-state index contributed by atoms with van der Waals surface area (Å²) in [5.41, 5.74) is 0.414. The second-order valence-corrected chi connectivity index (χ2v) is 5.03. The van der Waals surface area contributed by atoms with Crippen LogP contribution in [0, 0.1) is 0 Å². The van der Waals surface area contributed by atoms with Gasteiger partial charge in [0.25, 0.3) is 5.91 Å². The highest BCUT2D eigenvalue weighted by atomic mass is 16.5. The predicted octanol–water partition coefficient (Wildman–Crippen LogP) is 1.77. The van der Waals surface area contributed by atoms with E-state index in [1.165, 1.54) is 31.8 Å². The molecule has 2 N–H and O–H groups in total. The number of H-pyrrole nitrogens is 1. The Morgan fingerprint density at radius 3 is 3.00 bits per heavy atom. The van der Waals surface area contributed by atoms with Crippen LogP contribution in [0.5, 0.6) is 0 Å². The fourth-order valence-electron chi connectivity index (χ4n) is 2.50. The summed E-state index contributed by atoms with van der Waals surface area (Å²) in [5, 5.41) is 6.73. The van der Waals surface area contributed by atoms with Crippen molar-refractivity contribution in [1.29, 1.82) is 0 Å². The van der Waals surface area contributed by atoms with E-state index in [4.69, 9.17) is 4.52 Å². The first kappa shape index (κ1) is 12.8. The molecular weight excluding hydrogens is 258 g/mol. The predicted molar refractivity (Wildman–Crippen MR) is 69.9 cm³/mol. The molecule has 1 fully saturated rings.